The molecule has 0 aromatic heterocycles. The third-order valence-electron chi connectivity index (χ3n) is 6.25. The minimum absolute atomic E-state index is 0.0412. The topological polar surface area (TPSA) is 78.5 Å². The highest BCUT2D eigenvalue weighted by Gasteiger charge is 2.40. The molecule has 2 fully saturated rings. The molecular formula is C24H23F4N3O3. The Morgan fingerprint density at radius 2 is 1.71 bits per heavy atom. The molecule has 2 N–H and O–H groups in total. The van der Waals surface area contributed by atoms with Gasteiger partial charge in [0.2, 0.25) is 11.8 Å². The van der Waals surface area contributed by atoms with E-state index in [-0.39, 0.29) is 36.2 Å². The summed E-state index contributed by atoms with van der Waals surface area (Å²) in [6, 6.07) is 8.08. The van der Waals surface area contributed by atoms with E-state index in [1.807, 2.05) is 0 Å². The van der Waals surface area contributed by atoms with E-state index in [1.54, 1.807) is 4.90 Å². The smallest absolute Gasteiger partial charge is 0.339 e. The van der Waals surface area contributed by atoms with Gasteiger partial charge in [-0.3, -0.25) is 14.4 Å². The molecule has 34 heavy (non-hydrogen) atoms. The first-order chi connectivity index (χ1) is 16.1. The van der Waals surface area contributed by atoms with Crippen LogP contribution in [0.4, 0.5) is 28.9 Å². The third kappa shape index (κ3) is 5.05. The highest BCUT2D eigenvalue weighted by atomic mass is 19.4. The van der Waals surface area contributed by atoms with Crippen LogP contribution in [0.2, 0.25) is 0 Å². The highest BCUT2D eigenvalue weighted by Crippen LogP contribution is 2.37. The second-order valence-corrected chi connectivity index (χ2v) is 8.57. The van der Waals surface area contributed by atoms with E-state index >= 15 is 0 Å². The van der Waals surface area contributed by atoms with Gasteiger partial charge in [-0.15, -0.1) is 0 Å². The fourth-order valence-corrected chi connectivity index (χ4v) is 4.52. The van der Waals surface area contributed by atoms with Gasteiger partial charge in [-0.1, -0.05) is 25.0 Å². The van der Waals surface area contributed by atoms with Crippen molar-refractivity contribution in [3.63, 3.8) is 0 Å². The molecule has 0 bridgehead atoms. The summed E-state index contributed by atoms with van der Waals surface area (Å²) in [5.41, 5.74) is -2.16. The van der Waals surface area contributed by atoms with Crippen molar-refractivity contribution in [2.24, 2.45) is 5.92 Å². The number of alkyl halides is 3. The number of carbonyl (C=O) groups excluding carboxylic acids is 3. The van der Waals surface area contributed by atoms with Crippen LogP contribution in [0.15, 0.2) is 42.5 Å². The zero-order valence-electron chi connectivity index (χ0n) is 18.1. The predicted molar refractivity (Wildman–Crippen MR) is 117 cm³/mol. The minimum Gasteiger partial charge on any atom is -0.339 e. The Morgan fingerprint density at radius 3 is 2.38 bits per heavy atom. The number of anilines is 2. The minimum atomic E-state index is -4.83. The Bertz CT molecular complexity index is 1110. The normalized spacial score (nSPS) is 18.9. The monoisotopic (exact) mass is 477 g/mol. The number of likely N-dealkylation sites (tertiary alicyclic amines) is 1. The highest BCUT2D eigenvalue weighted by molar-refractivity contribution is 6.05. The summed E-state index contributed by atoms with van der Waals surface area (Å²) >= 11 is 0. The van der Waals surface area contributed by atoms with Gasteiger partial charge in [-0.25, -0.2) is 4.39 Å². The maximum absolute atomic E-state index is 13.8. The number of hydrogen-bond acceptors (Lipinski definition) is 3. The van der Waals surface area contributed by atoms with Crippen LogP contribution < -0.4 is 10.6 Å². The van der Waals surface area contributed by atoms with Crippen molar-refractivity contribution in [3.8, 4) is 0 Å². The second kappa shape index (κ2) is 9.44. The largest absolute Gasteiger partial charge is 0.418 e. The maximum Gasteiger partial charge on any atom is 0.418 e. The average Bonchev–Trinajstić information content (AvgIpc) is 3.44. The molecule has 180 valence electrons. The van der Waals surface area contributed by atoms with Crippen molar-refractivity contribution >= 4 is 29.1 Å². The van der Waals surface area contributed by atoms with Crippen molar-refractivity contribution < 1.29 is 31.9 Å². The summed E-state index contributed by atoms with van der Waals surface area (Å²) in [6.07, 6.45) is -1.10. The summed E-state index contributed by atoms with van der Waals surface area (Å²) in [5.74, 6) is -3.27. The van der Waals surface area contributed by atoms with Crippen LogP contribution in [0.25, 0.3) is 0 Å². The van der Waals surface area contributed by atoms with Crippen molar-refractivity contribution in [1.29, 1.82) is 0 Å². The molecule has 1 unspecified atom stereocenters. The van der Waals surface area contributed by atoms with E-state index in [9.17, 15) is 31.9 Å². The summed E-state index contributed by atoms with van der Waals surface area (Å²) in [4.78, 5) is 39.0. The lowest BCUT2D eigenvalue weighted by Gasteiger charge is -2.24. The van der Waals surface area contributed by atoms with E-state index in [1.165, 1.54) is 24.3 Å². The first kappa shape index (κ1) is 23.7. The Labute approximate surface area is 193 Å². The summed E-state index contributed by atoms with van der Waals surface area (Å²) < 4.78 is 55.0. The van der Waals surface area contributed by atoms with Gasteiger partial charge in [0.25, 0.3) is 5.91 Å². The van der Waals surface area contributed by atoms with Crippen LogP contribution in [-0.2, 0) is 15.8 Å². The molecule has 0 spiro atoms. The number of rotatable bonds is 5. The Kier molecular flexibility index (Phi) is 6.58. The summed E-state index contributed by atoms with van der Waals surface area (Å²) in [7, 11) is 0. The third-order valence-corrected chi connectivity index (χ3v) is 6.25. The molecule has 0 radical (unpaired) electrons. The molecule has 2 aromatic rings. The molecule has 4 rings (SSSR count). The van der Waals surface area contributed by atoms with Crippen LogP contribution in [0.3, 0.4) is 0 Å². The van der Waals surface area contributed by atoms with Crippen molar-refractivity contribution in [3.05, 3.63) is 59.4 Å². The zero-order chi connectivity index (χ0) is 24.5. The van der Waals surface area contributed by atoms with Crippen LogP contribution in [0, 0.1) is 11.7 Å². The molecule has 2 aromatic carbocycles. The van der Waals surface area contributed by atoms with Gasteiger partial charge in [0.05, 0.1) is 22.7 Å². The van der Waals surface area contributed by atoms with Gasteiger partial charge >= 0.3 is 6.18 Å². The van der Waals surface area contributed by atoms with Crippen LogP contribution >= 0.6 is 0 Å². The van der Waals surface area contributed by atoms with Crippen molar-refractivity contribution in [2.45, 2.75) is 44.3 Å². The van der Waals surface area contributed by atoms with E-state index in [4.69, 9.17) is 0 Å². The van der Waals surface area contributed by atoms with Crippen LogP contribution in [-0.4, -0.2) is 35.2 Å². The average molecular weight is 477 g/mol. The van der Waals surface area contributed by atoms with Crippen molar-refractivity contribution in [1.82, 2.24) is 4.90 Å². The van der Waals surface area contributed by atoms with Crippen molar-refractivity contribution in [2.75, 3.05) is 17.2 Å². The Balaban J connectivity index is 1.49. The molecule has 1 atom stereocenters. The number of halogens is 4. The molecule has 2 aliphatic rings. The lowest BCUT2D eigenvalue weighted by molar-refractivity contribution is -0.137. The van der Waals surface area contributed by atoms with E-state index in [0.717, 1.165) is 37.8 Å². The zero-order valence-corrected chi connectivity index (χ0v) is 18.1. The van der Waals surface area contributed by atoms with Crippen LogP contribution in [0.1, 0.15) is 48.0 Å². The lowest BCUT2D eigenvalue weighted by atomic mass is 10.1. The number of benzene rings is 2. The first-order valence-corrected chi connectivity index (χ1v) is 11.0. The first-order valence-electron chi connectivity index (χ1n) is 11.0. The number of carbonyl (C=O) groups is 3. The van der Waals surface area contributed by atoms with E-state index < -0.39 is 41.0 Å². The molecule has 1 heterocycles. The predicted octanol–water partition coefficient (Wildman–Crippen LogP) is 4.83. The van der Waals surface area contributed by atoms with Gasteiger partial charge in [0.1, 0.15) is 5.82 Å². The Morgan fingerprint density at radius 1 is 1.00 bits per heavy atom. The molecule has 10 heteroatoms. The maximum atomic E-state index is 13.8. The lowest BCUT2D eigenvalue weighted by Crippen LogP contribution is -2.35. The van der Waals surface area contributed by atoms with Gasteiger partial charge in [-0.2, -0.15) is 13.2 Å². The number of nitrogens with zero attached hydrogens (tertiary/aromatic N) is 1. The second-order valence-electron chi connectivity index (χ2n) is 8.57. The van der Waals surface area contributed by atoms with Gasteiger partial charge in [-0.05, 0) is 43.2 Å². The molecule has 6 nitrogen and oxygen atoms in total. The number of nitrogens with one attached hydrogen (secondary N) is 2. The molecule has 1 aliphatic heterocycles. The number of hydrogen-bond donors (Lipinski definition) is 2. The molecule has 3 amide bonds. The fraction of sp³-hybridized carbons (Fsp3) is 0.375. The summed E-state index contributed by atoms with van der Waals surface area (Å²) in [5, 5.41) is 4.55. The fourth-order valence-electron chi connectivity index (χ4n) is 4.52. The van der Waals surface area contributed by atoms with Gasteiger partial charge < -0.3 is 15.5 Å². The van der Waals surface area contributed by atoms with Gasteiger partial charge in [0.15, 0.2) is 0 Å². The molecule has 1 aliphatic carbocycles. The molecule has 1 saturated heterocycles. The van der Waals surface area contributed by atoms with E-state index in [2.05, 4.69) is 10.6 Å². The molecular weight excluding hydrogens is 454 g/mol. The quantitative estimate of drug-likeness (QED) is 0.606. The van der Waals surface area contributed by atoms with Gasteiger partial charge in [0, 0.05) is 24.7 Å². The SMILES string of the molecule is O=C(Nc1ccc(NC(=O)C2CC(=O)N(C3CCCC3)C2)c(C(F)(F)F)c1)c1ccccc1F. The Hall–Kier alpha value is -3.43. The van der Waals surface area contributed by atoms with Crippen LogP contribution in [0.5, 0.6) is 0 Å². The molecule has 1 saturated carbocycles. The summed E-state index contributed by atoms with van der Waals surface area (Å²) in [6.45, 7) is 0.188. The van der Waals surface area contributed by atoms with E-state index in [0.29, 0.717) is 6.07 Å². The number of amides is 3. The standard InChI is InChI=1S/C24H23F4N3O3/c25-19-8-4-3-7-17(19)23(34)29-15-9-10-20(18(12-15)24(26,27)28)30-22(33)14-11-21(32)31(13-14)16-5-1-2-6-16/h3-4,7-10,12,14,16H,1-2,5-6,11,13H2,(H,29,34)(H,30,33).